The van der Waals surface area contributed by atoms with Crippen molar-refractivity contribution in [1.82, 2.24) is 4.57 Å². The van der Waals surface area contributed by atoms with Crippen LogP contribution in [0.15, 0.2) is 11.0 Å². The highest BCUT2D eigenvalue weighted by Crippen LogP contribution is 2.21. The summed E-state index contributed by atoms with van der Waals surface area (Å²) < 4.78 is 1.69. The molecule has 1 aromatic heterocycles. The highest BCUT2D eigenvalue weighted by atomic mass is 16.1. The molecule has 0 aromatic carbocycles. The first-order valence-electron chi connectivity index (χ1n) is 4.38. The number of fused-ring (bicyclic) bond motifs is 1. The van der Waals surface area contributed by atoms with Crippen molar-refractivity contribution in [3.05, 3.63) is 33.2 Å². The SMILES string of the molecule is Cc1c2c(cn(C)c1=O)CCC2. The van der Waals surface area contributed by atoms with Gasteiger partial charge in [-0.3, -0.25) is 4.79 Å². The second-order valence-electron chi connectivity index (χ2n) is 3.53. The van der Waals surface area contributed by atoms with Crippen molar-refractivity contribution in [2.45, 2.75) is 26.2 Å². The number of rotatable bonds is 0. The van der Waals surface area contributed by atoms with Crippen LogP contribution in [0.1, 0.15) is 23.1 Å². The van der Waals surface area contributed by atoms with E-state index < -0.39 is 0 Å². The summed E-state index contributed by atoms with van der Waals surface area (Å²) in [4.78, 5) is 11.5. The molecule has 0 bridgehead atoms. The molecule has 0 radical (unpaired) electrons. The molecule has 0 amide bonds. The summed E-state index contributed by atoms with van der Waals surface area (Å²) in [7, 11) is 1.83. The quantitative estimate of drug-likeness (QED) is 0.563. The molecule has 1 aliphatic carbocycles. The molecule has 0 atom stereocenters. The third-order valence-corrected chi connectivity index (χ3v) is 2.70. The number of hydrogen-bond donors (Lipinski definition) is 0. The van der Waals surface area contributed by atoms with Gasteiger partial charge in [0.25, 0.3) is 5.56 Å². The van der Waals surface area contributed by atoms with E-state index >= 15 is 0 Å². The minimum Gasteiger partial charge on any atom is -0.318 e. The first-order valence-corrected chi connectivity index (χ1v) is 4.38. The van der Waals surface area contributed by atoms with Gasteiger partial charge >= 0.3 is 0 Å². The average molecular weight is 163 g/mol. The molecule has 0 aliphatic heterocycles. The van der Waals surface area contributed by atoms with Gasteiger partial charge in [-0.15, -0.1) is 0 Å². The van der Waals surface area contributed by atoms with Gasteiger partial charge in [0, 0.05) is 18.8 Å². The molecule has 1 heterocycles. The van der Waals surface area contributed by atoms with Gasteiger partial charge < -0.3 is 4.57 Å². The van der Waals surface area contributed by atoms with Crippen molar-refractivity contribution in [2.75, 3.05) is 0 Å². The Kier molecular flexibility index (Phi) is 1.56. The zero-order valence-corrected chi connectivity index (χ0v) is 7.55. The molecule has 0 saturated carbocycles. The van der Waals surface area contributed by atoms with E-state index in [1.54, 1.807) is 4.57 Å². The van der Waals surface area contributed by atoms with E-state index in [4.69, 9.17) is 0 Å². The Balaban J connectivity index is 2.76. The Bertz CT molecular complexity index is 376. The molecule has 0 N–H and O–H groups in total. The average Bonchev–Trinajstić information content (AvgIpc) is 2.48. The van der Waals surface area contributed by atoms with E-state index in [0.29, 0.717) is 0 Å². The second-order valence-corrected chi connectivity index (χ2v) is 3.53. The van der Waals surface area contributed by atoms with Crippen molar-refractivity contribution in [3.63, 3.8) is 0 Å². The number of hydrogen-bond acceptors (Lipinski definition) is 1. The summed E-state index contributed by atoms with van der Waals surface area (Å²) in [5, 5.41) is 0. The van der Waals surface area contributed by atoms with Crippen molar-refractivity contribution in [1.29, 1.82) is 0 Å². The van der Waals surface area contributed by atoms with Crippen LogP contribution in [0.25, 0.3) is 0 Å². The fourth-order valence-corrected chi connectivity index (χ4v) is 2.02. The molecule has 64 valence electrons. The lowest BCUT2D eigenvalue weighted by Gasteiger charge is -2.05. The maximum Gasteiger partial charge on any atom is 0.253 e. The maximum atomic E-state index is 11.5. The lowest BCUT2D eigenvalue weighted by molar-refractivity contribution is 0.832. The maximum absolute atomic E-state index is 11.5. The predicted octanol–water partition coefficient (Wildman–Crippen LogP) is 1.18. The Morgan fingerprint density at radius 3 is 2.92 bits per heavy atom. The van der Waals surface area contributed by atoms with Crippen LogP contribution >= 0.6 is 0 Å². The first kappa shape index (κ1) is 7.59. The molecule has 12 heavy (non-hydrogen) atoms. The second kappa shape index (κ2) is 2.47. The van der Waals surface area contributed by atoms with Crippen molar-refractivity contribution >= 4 is 0 Å². The van der Waals surface area contributed by atoms with Crippen LogP contribution in [-0.2, 0) is 19.9 Å². The summed E-state index contributed by atoms with van der Waals surface area (Å²) in [6, 6.07) is 0. The zero-order valence-electron chi connectivity index (χ0n) is 7.55. The molecule has 0 spiro atoms. The van der Waals surface area contributed by atoms with Crippen LogP contribution in [0.5, 0.6) is 0 Å². The first-order chi connectivity index (χ1) is 5.70. The van der Waals surface area contributed by atoms with E-state index in [1.807, 2.05) is 20.2 Å². The molecule has 0 saturated heterocycles. The van der Waals surface area contributed by atoms with E-state index in [0.717, 1.165) is 18.4 Å². The largest absolute Gasteiger partial charge is 0.318 e. The zero-order chi connectivity index (χ0) is 8.72. The van der Waals surface area contributed by atoms with Crippen LogP contribution in [0.2, 0.25) is 0 Å². The van der Waals surface area contributed by atoms with Gasteiger partial charge in [0.1, 0.15) is 0 Å². The van der Waals surface area contributed by atoms with E-state index in [-0.39, 0.29) is 5.56 Å². The fraction of sp³-hybridized carbons (Fsp3) is 0.500. The number of aryl methyl sites for hydroxylation is 2. The monoisotopic (exact) mass is 163 g/mol. The summed E-state index contributed by atoms with van der Waals surface area (Å²) >= 11 is 0. The Labute approximate surface area is 71.8 Å². The topological polar surface area (TPSA) is 22.0 Å². The molecule has 1 aromatic rings. The van der Waals surface area contributed by atoms with Crippen LogP contribution in [-0.4, -0.2) is 4.57 Å². The van der Waals surface area contributed by atoms with Crippen LogP contribution < -0.4 is 5.56 Å². The normalized spacial score (nSPS) is 14.8. The summed E-state index contributed by atoms with van der Waals surface area (Å²) in [6.45, 7) is 1.94. The van der Waals surface area contributed by atoms with Gasteiger partial charge in [-0.1, -0.05) is 0 Å². The number of nitrogens with zero attached hydrogens (tertiary/aromatic N) is 1. The number of aromatic nitrogens is 1. The van der Waals surface area contributed by atoms with Gasteiger partial charge in [0.2, 0.25) is 0 Å². The Morgan fingerprint density at radius 1 is 1.42 bits per heavy atom. The van der Waals surface area contributed by atoms with Crippen molar-refractivity contribution in [3.8, 4) is 0 Å². The smallest absolute Gasteiger partial charge is 0.253 e. The molecule has 2 rings (SSSR count). The van der Waals surface area contributed by atoms with Gasteiger partial charge in [-0.25, -0.2) is 0 Å². The molecule has 2 heteroatoms. The van der Waals surface area contributed by atoms with Crippen molar-refractivity contribution < 1.29 is 0 Å². The summed E-state index contributed by atoms with van der Waals surface area (Å²) in [5.41, 5.74) is 3.79. The summed E-state index contributed by atoms with van der Waals surface area (Å²) in [5.74, 6) is 0. The summed E-state index contributed by atoms with van der Waals surface area (Å²) in [6.07, 6.45) is 5.43. The molecule has 0 fully saturated rings. The third-order valence-electron chi connectivity index (χ3n) is 2.70. The predicted molar refractivity (Wildman–Crippen MR) is 48.4 cm³/mol. The minimum atomic E-state index is 0.163. The van der Waals surface area contributed by atoms with Crippen molar-refractivity contribution in [2.24, 2.45) is 7.05 Å². The van der Waals surface area contributed by atoms with Gasteiger partial charge in [0.05, 0.1) is 0 Å². The highest BCUT2D eigenvalue weighted by Gasteiger charge is 2.15. The van der Waals surface area contributed by atoms with Crippen LogP contribution in [0, 0.1) is 6.92 Å². The van der Waals surface area contributed by atoms with E-state index in [1.165, 1.54) is 17.5 Å². The molecular weight excluding hydrogens is 150 g/mol. The standard InChI is InChI=1S/C10H13NO/c1-7-9-5-3-4-8(9)6-11(2)10(7)12/h6H,3-5H2,1-2H3. The molecule has 0 unspecified atom stereocenters. The van der Waals surface area contributed by atoms with Gasteiger partial charge in [-0.05, 0) is 37.3 Å². The molecule has 2 nitrogen and oxygen atoms in total. The lowest BCUT2D eigenvalue weighted by atomic mass is 10.1. The van der Waals surface area contributed by atoms with Crippen LogP contribution in [0.3, 0.4) is 0 Å². The Morgan fingerprint density at radius 2 is 2.17 bits per heavy atom. The van der Waals surface area contributed by atoms with Gasteiger partial charge in [0.15, 0.2) is 0 Å². The number of pyridine rings is 1. The fourth-order valence-electron chi connectivity index (χ4n) is 2.02. The third kappa shape index (κ3) is 0.909. The van der Waals surface area contributed by atoms with Crippen LogP contribution in [0.4, 0.5) is 0 Å². The van der Waals surface area contributed by atoms with E-state index in [2.05, 4.69) is 0 Å². The Hall–Kier alpha value is -1.05. The lowest BCUT2D eigenvalue weighted by Crippen LogP contribution is -2.20. The molecular formula is C10H13NO. The molecule has 1 aliphatic rings. The minimum absolute atomic E-state index is 0.163. The van der Waals surface area contributed by atoms with Gasteiger partial charge in [-0.2, -0.15) is 0 Å². The highest BCUT2D eigenvalue weighted by molar-refractivity contribution is 5.34. The van der Waals surface area contributed by atoms with E-state index in [9.17, 15) is 4.79 Å².